The zero-order valence-corrected chi connectivity index (χ0v) is 23.0. The SMILES string of the molecule is CC1C(=O)N(C(C)(C)CCCC(=O)CCCC(C)(C)N2C(=O)C=C3SCCC3C2=O)C(=O)C=C1S. The second kappa shape index (κ2) is 10.6. The van der Waals surface area contributed by atoms with Gasteiger partial charge in [-0.3, -0.25) is 33.8 Å². The van der Waals surface area contributed by atoms with Crippen LogP contribution in [-0.2, 0) is 24.0 Å². The number of thioether (sulfide) groups is 1. The molecule has 9 heteroatoms. The standard InChI is InChI=1S/C26H36N2O5S2/c1-16-19(34)14-21(30)27(23(16)32)25(2,3)11-6-8-17(29)9-7-12-26(4,5)28-22(31)15-20-18(24(28)33)10-13-35-20/h14-16,18,34H,6-13H2,1-5H3. The molecule has 0 aromatic carbocycles. The summed E-state index contributed by atoms with van der Waals surface area (Å²) < 4.78 is 0. The van der Waals surface area contributed by atoms with E-state index < -0.39 is 17.0 Å². The van der Waals surface area contributed by atoms with E-state index in [2.05, 4.69) is 12.6 Å². The minimum atomic E-state index is -0.699. The molecule has 0 saturated carbocycles. The summed E-state index contributed by atoms with van der Waals surface area (Å²) in [5.41, 5.74) is -1.35. The van der Waals surface area contributed by atoms with Crippen LogP contribution in [0.2, 0.25) is 0 Å². The third kappa shape index (κ3) is 5.93. The van der Waals surface area contributed by atoms with Crippen LogP contribution in [-0.4, -0.2) is 56.0 Å². The van der Waals surface area contributed by atoms with Crippen LogP contribution in [0.4, 0.5) is 0 Å². The van der Waals surface area contributed by atoms with Gasteiger partial charge in [0.1, 0.15) is 5.78 Å². The van der Waals surface area contributed by atoms with E-state index in [1.165, 1.54) is 15.9 Å². The van der Waals surface area contributed by atoms with Crippen molar-refractivity contribution in [2.45, 2.75) is 90.6 Å². The summed E-state index contributed by atoms with van der Waals surface area (Å²) in [7, 11) is 0. The van der Waals surface area contributed by atoms with E-state index in [4.69, 9.17) is 0 Å². The second-order valence-corrected chi connectivity index (χ2v) is 12.6. The third-order valence-electron chi connectivity index (χ3n) is 7.25. The van der Waals surface area contributed by atoms with E-state index in [0.717, 1.165) is 17.1 Å². The van der Waals surface area contributed by atoms with Crippen molar-refractivity contribution < 1.29 is 24.0 Å². The zero-order chi connectivity index (χ0) is 26.1. The molecule has 0 radical (unpaired) electrons. The number of hydrogen-bond donors (Lipinski definition) is 1. The second-order valence-electron chi connectivity index (χ2n) is 10.9. The van der Waals surface area contributed by atoms with Crippen molar-refractivity contribution in [2.75, 3.05) is 5.75 Å². The Morgan fingerprint density at radius 1 is 0.943 bits per heavy atom. The number of amides is 4. The highest BCUT2D eigenvalue weighted by molar-refractivity contribution is 8.03. The number of imide groups is 2. The van der Waals surface area contributed by atoms with E-state index in [0.29, 0.717) is 43.4 Å². The topological polar surface area (TPSA) is 91.8 Å². The van der Waals surface area contributed by atoms with Crippen molar-refractivity contribution in [1.82, 2.24) is 9.80 Å². The maximum atomic E-state index is 12.9. The van der Waals surface area contributed by atoms with Gasteiger partial charge in [0.05, 0.1) is 11.8 Å². The minimum absolute atomic E-state index is 0.101. The molecule has 1 fully saturated rings. The van der Waals surface area contributed by atoms with Gasteiger partial charge in [-0.05, 0) is 77.4 Å². The van der Waals surface area contributed by atoms with Gasteiger partial charge in [-0.2, -0.15) is 0 Å². The highest BCUT2D eigenvalue weighted by Crippen LogP contribution is 2.42. The molecule has 3 heterocycles. The maximum absolute atomic E-state index is 12.9. The fraction of sp³-hybridized carbons (Fsp3) is 0.654. The van der Waals surface area contributed by atoms with Gasteiger partial charge in [0, 0.05) is 41.0 Å². The quantitative estimate of drug-likeness (QED) is 0.342. The lowest BCUT2D eigenvalue weighted by atomic mass is 9.88. The maximum Gasteiger partial charge on any atom is 0.254 e. The molecule has 0 aliphatic carbocycles. The largest absolute Gasteiger partial charge is 0.300 e. The van der Waals surface area contributed by atoms with Crippen molar-refractivity contribution in [3.8, 4) is 0 Å². The van der Waals surface area contributed by atoms with Gasteiger partial charge >= 0.3 is 0 Å². The van der Waals surface area contributed by atoms with Gasteiger partial charge in [0.25, 0.3) is 11.8 Å². The van der Waals surface area contributed by atoms with Gasteiger partial charge in [-0.15, -0.1) is 24.4 Å². The van der Waals surface area contributed by atoms with E-state index in [1.807, 2.05) is 27.7 Å². The Kier molecular flexibility index (Phi) is 8.41. The normalized spacial score (nSPS) is 23.5. The summed E-state index contributed by atoms with van der Waals surface area (Å²) in [5, 5.41) is 0. The lowest BCUT2D eigenvalue weighted by Crippen LogP contribution is -2.54. The Labute approximate surface area is 217 Å². The predicted octanol–water partition coefficient (Wildman–Crippen LogP) is 4.28. The molecular weight excluding hydrogens is 484 g/mol. The van der Waals surface area contributed by atoms with Gasteiger partial charge < -0.3 is 0 Å². The number of ketones is 1. The van der Waals surface area contributed by atoms with Crippen LogP contribution in [0.5, 0.6) is 0 Å². The molecule has 192 valence electrons. The summed E-state index contributed by atoms with van der Waals surface area (Å²) in [6, 6.07) is 0. The highest BCUT2D eigenvalue weighted by Gasteiger charge is 2.45. The van der Waals surface area contributed by atoms with Crippen LogP contribution < -0.4 is 0 Å². The molecule has 3 aliphatic rings. The summed E-state index contributed by atoms with van der Waals surface area (Å²) in [6.07, 6.45) is 6.71. The summed E-state index contributed by atoms with van der Waals surface area (Å²) in [6.45, 7) is 9.18. The van der Waals surface area contributed by atoms with Crippen molar-refractivity contribution in [3.63, 3.8) is 0 Å². The Morgan fingerprint density at radius 3 is 2.03 bits per heavy atom. The lowest BCUT2D eigenvalue weighted by Gasteiger charge is -2.40. The molecule has 3 rings (SSSR count). The summed E-state index contributed by atoms with van der Waals surface area (Å²) in [5.74, 6) is -0.687. The number of hydrogen-bond acceptors (Lipinski definition) is 7. The van der Waals surface area contributed by atoms with Crippen LogP contribution in [0.1, 0.15) is 79.6 Å². The Bertz CT molecular complexity index is 998. The molecule has 7 nitrogen and oxygen atoms in total. The molecule has 3 aliphatic heterocycles. The molecule has 0 spiro atoms. The molecule has 0 bridgehead atoms. The minimum Gasteiger partial charge on any atom is -0.300 e. The molecular formula is C26H36N2O5S2. The fourth-order valence-corrected chi connectivity index (χ4v) is 6.51. The fourth-order valence-electron chi connectivity index (χ4n) is 5.10. The Morgan fingerprint density at radius 2 is 1.46 bits per heavy atom. The first kappa shape index (κ1) is 27.7. The number of rotatable bonds is 10. The van der Waals surface area contributed by atoms with Crippen LogP contribution in [0, 0.1) is 11.8 Å². The lowest BCUT2D eigenvalue weighted by molar-refractivity contribution is -0.153. The molecule has 0 aromatic heterocycles. The van der Waals surface area contributed by atoms with Crippen LogP contribution in [0.3, 0.4) is 0 Å². The van der Waals surface area contributed by atoms with Crippen molar-refractivity contribution in [3.05, 3.63) is 22.0 Å². The van der Waals surface area contributed by atoms with Crippen molar-refractivity contribution in [2.24, 2.45) is 11.8 Å². The van der Waals surface area contributed by atoms with E-state index in [1.54, 1.807) is 24.8 Å². The number of nitrogens with zero attached hydrogens (tertiary/aromatic N) is 2. The van der Waals surface area contributed by atoms with Crippen LogP contribution in [0.25, 0.3) is 0 Å². The smallest absolute Gasteiger partial charge is 0.254 e. The Balaban J connectivity index is 1.47. The van der Waals surface area contributed by atoms with E-state index in [-0.39, 0.29) is 35.3 Å². The molecule has 2 atom stereocenters. The van der Waals surface area contributed by atoms with Gasteiger partial charge in [0.15, 0.2) is 0 Å². The van der Waals surface area contributed by atoms with Crippen LogP contribution in [0.15, 0.2) is 22.0 Å². The number of fused-ring (bicyclic) bond motifs is 1. The molecule has 1 saturated heterocycles. The average molecular weight is 521 g/mol. The van der Waals surface area contributed by atoms with E-state index >= 15 is 0 Å². The van der Waals surface area contributed by atoms with Gasteiger partial charge in [-0.1, -0.05) is 0 Å². The average Bonchev–Trinajstić information content (AvgIpc) is 3.20. The zero-order valence-electron chi connectivity index (χ0n) is 21.3. The van der Waals surface area contributed by atoms with E-state index in [9.17, 15) is 24.0 Å². The third-order valence-corrected chi connectivity index (χ3v) is 8.94. The van der Waals surface area contributed by atoms with Crippen molar-refractivity contribution in [1.29, 1.82) is 0 Å². The number of carbonyl (C=O) groups excluding carboxylic acids is 5. The summed E-state index contributed by atoms with van der Waals surface area (Å²) in [4.78, 5) is 67.2. The summed E-state index contributed by atoms with van der Waals surface area (Å²) >= 11 is 5.81. The van der Waals surface area contributed by atoms with Gasteiger partial charge in [-0.25, -0.2) is 0 Å². The number of Topliss-reactive ketones (excluding diaryl/α,β-unsaturated/α-hetero) is 1. The van der Waals surface area contributed by atoms with Gasteiger partial charge in [0.2, 0.25) is 11.8 Å². The molecule has 4 amide bonds. The first-order chi connectivity index (χ1) is 16.3. The Hall–Kier alpha value is -1.87. The first-order valence-electron chi connectivity index (χ1n) is 12.3. The first-order valence-corrected chi connectivity index (χ1v) is 13.7. The molecule has 2 unspecified atom stereocenters. The monoisotopic (exact) mass is 520 g/mol. The van der Waals surface area contributed by atoms with Crippen LogP contribution >= 0.6 is 24.4 Å². The molecule has 0 N–H and O–H groups in total. The number of thiol groups is 1. The molecule has 0 aromatic rings. The van der Waals surface area contributed by atoms with Crippen molar-refractivity contribution >= 4 is 53.8 Å². The highest BCUT2D eigenvalue weighted by atomic mass is 32.2. The molecule has 35 heavy (non-hydrogen) atoms. The number of carbonyl (C=O) groups is 5. The predicted molar refractivity (Wildman–Crippen MR) is 139 cm³/mol.